The lowest BCUT2D eigenvalue weighted by Crippen LogP contribution is -2.27. The van der Waals surface area contributed by atoms with Crippen LogP contribution in [0.1, 0.15) is 0 Å². The second-order valence-electron chi connectivity index (χ2n) is 4.77. The molecule has 2 aromatic carbocycles. The van der Waals surface area contributed by atoms with Crippen LogP contribution in [0.25, 0.3) is 10.9 Å². The van der Waals surface area contributed by atoms with Gasteiger partial charge in [0, 0.05) is 29.2 Å². The molecule has 114 valence electrons. The van der Waals surface area contributed by atoms with Crippen LogP contribution in [-0.4, -0.2) is 20.4 Å². The van der Waals surface area contributed by atoms with Gasteiger partial charge < -0.3 is 4.98 Å². The maximum absolute atomic E-state index is 13.8. The average molecular weight is 339 g/mol. The third-order valence-electron chi connectivity index (χ3n) is 3.44. The van der Waals surface area contributed by atoms with Crippen LogP contribution in [-0.2, 0) is 10.0 Å². The number of aromatic nitrogens is 1. The molecular weight excluding hydrogens is 327 g/mol. The van der Waals surface area contributed by atoms with Gasteiger partial charge in [-0.05, 0) is 30.3 Å². The molecule has 0 bridgehead atoms. The van der Waals surface area contributed by atoms with Crippen molar-refractivity contribution in [3.8, 4) is 0 Å². The summed E-state index contributed by atoms with van der Waals surface area (Å²) in [4.78, 5) is 2.95. The summed E-state index contributed by atoms with van der Waals surface area (Å²) in [6.45, 7) is 0. The van der Waals surface area contributed by atoms with E-state index in [9.17, 15) is 12.8 Å². The highest BCUT2D eigenvalue weighted by Gasteiger charge is 2.26. The Kier molecular flexibility index (Phi) is 3.58. The fraction of sp³-hybridized carbons (Fsp3) is 0.0667. The van der Waals surface area contributed by atoms with Crippen LogP contribution in [0.15, 0.2) is 53.6 Å². The molecule has 1 aromatic heterocycles. The number of para-hydroxylation sites is 1. The molecule has 0 saturated heterocycles. The first-order valence-corrected chi connectivity index (χ1v) is 8.23. The fourth-order valence-corrected chi connectivity index (χ4v) is 3.81. The molecule has 0 fully saturated rings. The molecule has 1 heterocycles. The van der Waals surface area contributed by atoms with E-state index in [-0.39, 0.29) is 10.6 Å². The number of nitrogens with zero attached hydrogens (tertiary/aromatic N) is 1. The Morgan fingerprint density at radius 2 is 1.91 bits per heavy atom. The number of halogens is 2. The van der Waals surface area contributed by atoms with E-state index < -0.39 is 15.8 Å². The molecule has 4 nitrogen and oxygen atoms in total. The first kappa shape index (κ1) is 14.9. The Labute approximate surface area is 132 Å². The summed E-state index contributed by atoms with van der Waals surface area (Å²) in [6.07, 6.45) is 1.38. The maximum Gasteiger partial charge on any atom is 0.266 e. The van der Waals surface area contributed by atoms with E-state index in [2.05, 4.69) is 4.98 Å². The van der Waals surface area contributed by atoms with Crippen LogP contribution in [0, 0.1) is 5.82 Å². The van der Waals surface area contributed by atoms with Crippen molar-refractivity contribution >= 4 is 38.2 Å². The van der Waals surface area contributed by atoms with Gasteiger partial charge >= 0.3 is 0 Å². The topological polar surface area (TPSA) is 53.2 Å². The summed E-state index contributed by atoms with van der Waals surface area (Å²) in [6, 6.07) is 10.6. The van der Waals surface area contributed by atoms with E-state index in [1.807, 2.05) is 0 Å². The van der Waals surface area contributed by atoms with Crippen molar-refractivity contribution in [1.29, 1.82) is 0 Å². The Hall–Kier alpha value is -2.05. The van der Waals surface area contributed by atoms with Gasteiger partial charge in [0.05, 0.1) is 5.69 Å². The molecule has 3 rings (SSSR count). The first-order valence-electron chi connectivity index (χ1n) is 6.41. The molecule has 3 aromatic rings. The van der Waals surface area contributed by atoms with Crippen LogP contribution in [0.3, 0.4) is 0 Å². The molecule has 0 radical (unpaired) electrons. The summed E-state index contributed by atoms with van der Waals surface area (Å²) in [5.74, 6) is -0.600. The van der Waals surface area contributed by atoms with Crippen molar-refractivity contribution in [1.82, 2.24) is 4.98 Å². The van der Waals surface area contributed by atoms with Gasteiger partial charge in [-0.2, -0.15) is 0 Å². The van der Waals surface area contributed by atoms with E-state index >= 15 is 0 Å². The second-order valence-corrected chi connectivity index (χ2v) is 7.14. The second kappa shape index (κ2) is 5.30. The van der Waals surface area contributed by atoms with Gasteiger partial charge in [-0.25, -0.2) is 12.8 Å². The van der Waals surface area contributed by atoms with Crippen LogP contribution >= 0.6 is 11.6 Å². The lowest BCUT2D eigenvalue weighted by molar-refractivity contribution is 0.590. The van der Waals surface area contributed by atoms with Gasteiger partial charge in [-0.3, -0.25) is 4.31 Å². The fourth-order valence-electron chi connectivity index (χ4n) is 2.27. The largest absolute Gasteiger partial charge is 0.360 e. The van der Waals surface area contributed by atoms with Crippen LogP contribution in [0.2, 0.25) is 5.02 Å². The van der Waals surface area contributed by atoms with Gasteiger partial charge in [0.1, 0.15) is 10.7 Å². The van der Waals surface area contributed by atoms with Crippen LogP contribution in [0.5, 0.6) is 0 Å². The van der Waals surface area contributed by atoms with Crippen LogP contribution < -0.4 is 4.31 Å². The SMILES string of the molecule is CN(c1ccccc1F)S(=O)(=O)c1c[nH]c2cc(Cl)ccc12. The zero-order chi connectivity index (χ0) is 15.9. The number of benzene rings is 2. The zero-order valence-electron chi connectivity index (χ0n) is 11.5. The summed E-state index contributed by atoms with van der Waals surface area (Å²) >= 11 is 5.89. The maximum atomic E-state index is 13.8. The average Bonchev–Trinajstić information content (AvgIpc) is 2.90. The molecule has 0 saturated carbocycles. The molecule has 1 N–H and O–H groups in total. The minimum absolute atomic E-state index is 0.00851. The van der Waals surface area contributed by atoms with Crippen molar-refractivity contribution in [3.05, 3.63) is 59.5 Å². The van der Waals surface area contributed by atoms with Crippen molar-refractivity contribution in [3.63, 3.8) is 0 Å². The predicted molar refractivity (Wildman–Crippen MR) is 85.3 cm³/mol. The highest BCUT2D eigenvalue weighted by molar-refractivity contribution is 7.93. The molecule has 0 amide bonds. The van der Waals surface area contributed by atoms with Crippen molar-refractivity contribution < 1.29 is 12.8 Å². The number of aromatic amines is 1. The predicted octanol–water partition coefficient (Wildman–Crippen LogP) is 3.79. The lowest BCUT2D eigenvalue weighted by Gasteiger charge is -2.19. The molecular formula is C15H12ClFN2O2S. The summed E-state index contributed by atoms with van der Waals surface area (Å²) < 4.78 is 40.3. The van der Waals surface area contributed by atoms with Gasteiger partial charge in [0.2, 0.25) is 0 Å². The summed E-state index contributed by atoms with van der Waals surface area (Å²) in [5, 5.41) is 1.01. The Morgan fingerprint density at radius 3 is 2.64 bits per heavy atom. The molecule has 0 unspecified atom stereocenters. The molecule has 0 spiro atoms. The van der Waals surface area contributed by atoms with E-state index in [4.69, 9.17) is 11.6 Å². The van der Waals surface area contributed by atoms with E-state index in [0.29, 0.717) is 15.9 Å². The molecule has 0 aliphatic carbocycles. The zero-order valence-corrected chi connectivity index (χ0v) is 13.1. The summed E-state index contributed by atoms with van der Waals surface area (Å²) in [5.41, 5.74) is 0.596. The van der Waals surface area contributed by atoms with Crippen molar-refractivity contribution in [2.75, 3.05) is 11.4 Å². The minimum Gasteiger partial charge on any atom is -0.360 e. The Bertz CT molecular complexity index is 953. The molecule has 0 atom stereocenters. The summed E-state index contributed by atoms with van der Waals surface area (Å²) in [7, 11) is -2.57. The highest BCUT2D eigenvalue weighted by atomic mass is 35.5. The lowest BCUT2D eigenvalue weighted by atomic mass is 10.2. The number of hydrogen-bond donors (Lipinski definition) is 1. The number of nitrogens with one attached hydrogen (secondary N) is 1. The van der Waals surface area contributed by atoms with Crippen molar-refractivity contribution in [2.45, 2.75) is 4.90 Å². The minimum atomic E-state index is -3.89. The third-order valence-corrected chi connectivity index (χ3v) is 5.48. The van der Waals surface area contributed by atoms with E-state index in [1.165, 1.54) is 31.4 Å². The van der Waals surface area contributed by atoms with E-state index in [1.54, 1.807) is 24.3 Å². The van der Waals surface area contributed by atoms with E-state index in [0.717, 1.165) is 4.31 Å². The quantitative estimate of drug-likeness (QED) is 0.790. The number of sulfonamides is 1. The third kappa shape index (κ3) is 2.34. The molecule has 0 aliphatic rings. The number of H-pyrrole nitrogens is 1. The molecule has 7 heteroatoms. The molecule has 0 aliphatic heterocycles. The van der Waals surface area contributed by atoms with Gasteiger partial charge in [0.25, 0.3) is 10.0 Å². The Balaban J connectivity index is 2.14. The normalized spacial score (nSPS) is 11.8. The van der Waals surface area contributed by atoms with Gasteiger partial charge in [0.15, 0.2) is 0 Å². The number of rotatable bonds is 3. The first-order chi connectivity index (χ1) is 10.4. The molecule has 22 heavy (non-hydrogen) atoms. The monoisotopic (exact) mass is 338 g/mol. The highest BCUT2D eigenvalue weighted by Crippen LogP contribution is 2.30. The van der Waals surface area contributed by atoms with Gasteiger partial charge in [-0.15, -0.1) is 0 Å². The number of hydrogen-bond acceptors (Lipinski definition) is 2. The smallest absolute Gasteiger partial charge is 0.266 e. The number of fused-ring (bicyclic) bond motifs is 1. The number of anilines is 1. The standard InChI is InChI=1S/C15H12ClFN2O2S/c1-19(14-5-3-2-4-12(14)17)22(20,21)15-9-18-13-8-10(16)6-7-11(13)15/h2-9,18H,1H3. The van der Waals surface area contributed by atoms with Crippen LogP contribution in [0.4, 0.5) is 10.1 Å². The van der Waals surface area contributed by atoms with Gasteiger partial charge in [-0.1, -0.05) is 23.7 Å². The van der Waals surface area contributed by atoms with Crippen molar-refractivity contribution in [2.24, 2.45) is 0 Å². The Morgan fingerprint density at radius 1 is 1.18 bits per heavy atom.